The minimum absolute atomic E-state index is 0. The molecule has 3 aliphatic rings. The first-order valence-electron chi connectivity index (χ1n) is 15.2. The monoisotopic (exact) mass is 978 g/mol. The summed E-state index contributed by atoms with van der Waals surface area (Å²) in [6.45, 7) is 40.6. The molecular formula is C34H57I3N6Ti. The van der Waals surface area contributed by atoms with E-state index in [1.54, 1.807) is 0 Å². The Morgan fingerprint density at radius 1 is 0.409 bits per heavy atom. The zero-order valence-electron chi connectivity index (χ0n) is 30.5. The normalized spacial score (nSPS) is 28.9. The maximum absolute atomic E-state index is 5.41. The number of hydrogen-bond donors (Lipinski definition) is 0. The van der Waals surface area contributed by atoms with Gasteiger partial charge in [-0.1, -0.05) is 0 Å². The molecule has 3 rings (SSSR count). The summed E-state index contributed by atoms with van der Waals surface area (Å²) < 4.78 is -0.786. The molecule has 3 atom stereocenters. The molecule has 0 saturated carbocycles. The fourth-order valence-electron chi connectivity index (χ4n) is 6.47. The minimum Gasteiger partial charge on any atom is -1.00 e. The third-order valence-corrected chi connectivity index (χ3v) is 11.2. The van der Waals surface area contributed by atoms with E-state index < -0.39 is 20.3 Å². The summed E-state index contributed by atoms with van der Waals surface area (Å²) in [5, 5.41) is 31.2. The van der Waals surface area contributed by atoms with Gasteiger partial charge < -0.3 is 71.9 Å². The Balaban J connectivity index is 0.00000616. The van der Waals surface area contributed by atoms with E-state index in [-0.39, 0.29) is 104 Å². The topological polar surface area (TPSA) is 74.2 Å². The van der Waals surface area contributed by atoms with Crippen LogP contribution in [0.1, 0.15) is 125 Å². The van der Waals surface area contributed by atoms with Crippen molar-refractivity contribution in [3.8, 4) is 0 Å². The van der Waals surface area contributed by atoms with E-state index in [1.807, 2.05) is 0 Å². The summed E-state index contributed by atoms with van der Waals surface area (Å²) in [5.41, 5.74) is -0.968. The van der Waals surface area contributed by atoms with Crippen LogP contribution in [0.5, 0.6) is 0 Å². The molecule has 3 aliphatic heterocycles. The van der Waals surface area contributed by atoms with Crippen molar-refractivity contribution in [3.05, 3.63) is 35.3 Å². The summed E-state index contributed by atoms with van der Waals surface area (Å²) in [6.07, 6.45) is 7.10. The fourth-order valence-corrected chi connectivity index (χ4v) is 8.80. The Labute approximate surface area is 332 Å². The van der Waals surface area contributed by atoms with Crippen LogP contribution in [-0.4, -0.2) is 16.6 Å². The second-order valence-electron chi connectivity index (χ2n) is 18.7. The largest absolute Gasteiger partial charge is 1.00 e. The molecule has 0 bridgehead atoms. The molecule has 0 fully saturated rings. The zero-order chi connectivity index (χ0) is 32.1. The first-order chi connectivity index (χ1) is 17.9. The van der Waals surface area contributed by atoms with E-state index in [0.717, 1.165) is 17.1 Å². The minimum atomic E-state index is -0.797. The average molecular weight is 978 g/mol. The summed E-state index contributed by atoms with van der Waals surface area (Å²) >= 11 is 2.37. The van der Waals surface area contributed by atoms with Gasteiger partial charge in [0.1, 0.15) is 0 Å². The summed E-state index contributed by atoms with van der Waals surface area (Å²) in [4.78, 5) is 0. The molecule has 0 spiro atoms. The van der Waals surface area contributed by atoms with Crippen molar-refractivity contribution in [2.45, 2.75) is 145 Å². The molecule has 44 heavy (non-hydrogen) atoms. The maximum atomic E-state index is 5.41. The molecule has 248 valence electrons. The first-order valence-corrected chi connectivity index (χ1v) is 16.0. The first kappa shape index (κ1) is 44.9. The molecule has 0 aromatic heterocycles. The van der Waals surface area contributed by atoms with Gasteiger partial charge in [-0.2, -0.15) is 0 Å². The van der Waals surface area contributed by atoms with E-state index in [2.05, 4.69) is 163 Å². The van der Waals surface area contributed by atoms with Gasteiger partial charge in [0.15, 0.2) is 0 Å². The standard InChI is InChI=1S/C34H57N6.3HI.Ti/c1-26(2,3)22-19-32(38-35-22,29(10,11)12)25(33(30(13,14)15)20-23(36-39-33)27(4,5)6)34(31(16,17)18)21-24(37-40-34)28(7,8)9;;;;/h19-21H,1-18H3;3*1H;/q;;;;+3/p-3. The third kappa shape index (κ3) is 6.72. The zero-order valence-corrected chi connectivity index (χ0v) is 38.6. The van der Waals surface area contributed by atoms with Gasteiger partial charge in [0, 0.05) is 0 Å². The van der Waals surface area contributed by atoms with Crippen molar-refractivity contribution in [1.29, 1.82) is 0 Å². The molecular weight excluding hydrogens is 921 g/mol. The number of nitrogens with zero attached hydrogens (tertiary/aromatic N) is 6. The molecule has 0 radical (unpaired) electrons. The van der Waals surface area contributed by atoms with Gasteiger partial charge in [-0.05, 0) is 0 Å². The number of azo groups is 3. The predicted octanol–water partition coefficient (Wildman–Crippen LogP) is 2.25. The molecule has 10 heteroatoms. The fraction of sp³-hybridized carbons (Fsp3) is 0.824. The van der Waals surface area contributed by atoms with E-state index in [9.17, 15) is 0 Å². The molecule has 3 unspecified atom stereocenters. The van der Waals surface area contributed by atoms with Gasteiger partial charge in [0.2, 0.25) is 0 Å². The molecule has 0 amide bonds. The predicted molar refractivity (Wildman–Crippen MR) is 166 cm³/mol. The number of halogens is 3. The van der Waals surface area contributed by atoms with Crippen LogP contribution in [0.3, 0.4) is 0 Å². The Morgan fingerprint density at radius 3 is 0.705 bits per heavy atom. The number of hydrogen-bond acceptors (Lipinski definition) is 6. The van der Waals surface area contributed by atoms with E-state index in [1.165, 1.54) is 0 Å². The van der Waals surface area contributed by atoms with Crippen LogP contribution in [-0.2, 0) is 20.4 Å². The molecule has 6 nitrogen and oxygen atoms in total. The summed E-state index contributed by atoms with van der Waals surface area (Å²) in [6, 6.07) is 0. The van der Waals surface area contributed by atoms with Crippen LogP contribution >= 0.6 is 0 Å². The number of allylic oxidation sites excluding steroid dienone is 3. The van der Waals surface area contributed by atoms with Gasteiger partial charge in [-0.15, -0.1) is 0 Å². The van der Waals surface area contributed by atoms with Crippen molar-refractivity contribution < 1.29 is 92.4 Å². The molecule has 0 aromatic carbocycles. The second-order valence-corrected chi connectivity index (χ2v) is 19.9. The Bertz CT molecular complexity index is 1120. The van der Waals surface area contributed by atoms with E-state index in [0.29, 0.717) is 0 Å². The van der Waals surface area contributed by atoms with Crippen LogP contribution in [0.25, 0.3) is 0 Å². The van der Waals surface area contributed by atoms with Crippen LogP contribution in [0, 0.1) is 32.5 Å². The quantitative estimate of drug-likeness (QED) is 0.308. The van der Waals surface area contributed by atoms with E-state index >= 15 is 0 Å². The van der Waals surface area contributed by atoms with Crippen molar-refractivity contribution in [1.82, 2.24) is 0 Å². The van der Waals surface area contributed by atoms with Crippen molar-refractivity contribution in [2.24, 2.45) is 63.2 Å². The molecule has 0 aromatic rings. The maximum Gasteiger partial charge on any atom is -1.00 e. The van der Waals surface area contributed by atoms with Gasteiger partial charge in [0.25, 0.3) is 0 Å². The SMILES string of the molecule is CC(C)(C)C1=CC(C(C)(C)C)([C]([Ti+3])(C2(C(C)(C)C)C=C(C(C)(C)C)N=N2)C2(C(C)(C)C)C=C(C(C)(C)C)N=N2)N=N1.[I-].[I-].[I-]. The Hall–Kier alpha value is 0.924. The van der Waals surface area contributed by atoms with Crippen LogP contribution in [0.4, 0.5) is 0 Å². The van der Waals surface area contributed by atoms with Gasteiger partial charge >= 0.3 is 264 Å². The molecule has 3 heterocycles. The number of rotatable bonds is 3. The summed E-state index contributed by atoms with van der Waals surface area (Å²) in [7, 11) is 0. The van der Waals surface area contributed by atoms with Crippen molar-refractivity contribution in [2.75, 3.05) is 0 Å². The molecule has 0 N–H and O–H groups in total. The Kier molecular flexibility index (Phi) is 13.3. The third-order valence-electron chi connectivity index (χ3n) is 9.43. The molecule has 0 aliphatic carbocycles. The van der Waals surface area contributed by atoms with Crippen molar-refractivity contribution in [3.63, 3.8) is 0 Å². The summed E-state index contributed by atoms with van der Waals surface area (Å²) in [5.74, 6) is 0. The van der Waals surface area contributed by atoms with Gasteiger partial charge in [-0.3, -0.25) is 0 Å². The van der Waals surface area contributed by atoms with Crippen molar-refractivity contribution >= 4 is 0 Å². The smallest absolute Gasteiger partial charge is 1.00 e. The average Bonchev–Trinajstić information content (AvgIpc) is 3.48. The van der Waals surface area contributed by atoms with Crippen LogP contribution in [0.15, 0.2) is 66.0 Å². The van der Waals surface area contributed by atoms with Crippen LogP contribution < -0.4 is 71.9 Å². The van der Waals surface area contributed by atoms with Crippen LogP contribution in [0.2, 0.25) is 3.72 Å². The van der Waals surface area contributed by atoms with Gasteiger partial charge in [0.05, 0.1) is 0 Å². The van der Waals surface area contributed by atoms with Gasteiger partial charge in [-0.25, -0.2) is 0 Å². The Morgan fingerprint density at radius 2 is 0.591 bits per heavy atom. The second kappa shape index (κ2) is 13.0. The molecule has 0 saturated heterocycles. The van der Waals surface area contributed by atoms with E-state index in [4.69, 9.17) is 30.7 Å².